The summed E-state index contributed by atoms with van der Waals surface area (Å²) in [7, 11) is 0. The SMILES string of the molecule is NCCc1csc(C2CCCNC2)n1. The Hall–Kier alpha value is -0.450. The summed E-state index contributed by atoms with van der Waals surface area (Å²) in [5, 5.41) is 6.86. The molecular weight excluding hydrogens is 194 g/mol. The maximum absolute atomic E-state index is 5.50. The summed E-state index contributed by atoms with van der Waals surface area (Å²) in [6.45, 7) is 2.96. The molecule has 0 aliphatic carbocycles. The zero-order valence-electron chi connectivity index (χ0n) is 8.33. The van der Waals surface area contributed by atoms with E-state index in [1.165, 1.54) is 17.8 Å². The Bertz CT molecular complexity index is 279. The number of nitrogens with two attached hydrogens (primary N) is 1. The third kappa shape index (κ3) is 2.32. The first-order chi connectivity index (χ1) is 6.90. The minimum Gasteiger partial charge on any atom is -0.330 e. The molecular formula is C10H17N3S. The molecule has 1 aliphatic rings. The molecule has 1 aromatic heterocycles. The molecule has 1 aromatic rings. The molecule has 1 saturated heterocycles. The molecule has 1 fully saturated rings. The third-order valence-corrected chi connectivity index (χ3v) is 3.67. The highest BCUT2D eigenvalue weighted by atomic mass is 32.1. The predicted octanol–water partition coefficient (Wildman–Crippen LogP) is 1.11. The Labute approximate surface area is 88.7 Å². The molecule has 4 heteroatoms. The standard InChI is InChI=1S/C10H17N3S/c11-4-3-9-7-14-10(13-9)8-2-1-5-12-6-8/h7-8,12H,1-6,11H2. The molecule has 14 heavy (non-hydrogen) atoms. The van der Waals surface area contributed by atoms with Gasteiger partial charge in [0.15, 0.2) is 0 Å². The summed E-state index contributed by atoms with van der Waals surface area (Å²) in [5.74, 6) is 0.639. The second kappa shape index (κ2) is 4.87. The van der Waals surface area contributed by atoms with Gasteiger partial charge in [-0.15, -0.1) is 11.3 Å². The van der Waals surface area contributed by atoms with Crippen LogP contribution in [0.15, 0.2) is 5.38 Å². The average molecular weight is 211 g/mol. The van der Waals surface area contributed by atoms with Crippen LogP contribution in [0.4, 0.5) is 0 Å². The quantitative estimate of drug-likeness (QED) is 0.787. The van der Waals surface area contributed by atoms with Gasteiger partial charge >= 0.3 is 0 Å². The fourth-order valence-corrected chi connectivity index (χ4v) is 2.83. The van der Waals surface area contributed by atoms with E-state index in [2.05, 4.69) is 15.7 Å². The number of nitrogens with one attached hydrogen (secondary N) is 1. The number of nitrogens with zero attached hydrogens (tertiary/aromatic N) is 1. The maximum atomic E-state index is 5.50. The third-order valence-electron chi connectivity index (χ3n) is 2.62. The molecule has 78 valence electrons. The Morgan fingerprint density at radius 1 is 1.64 bits per heavy atom. The first-order valence-electron chi connectivity index (χ1n) is 5.25. The number of thiazole rings is 1. The van der Waals surface area contributed by atoms with Gasteiger partial charge in [0.25, 0.3) is 0 Å². The van der Waals surface area contributed by atoms with Gasteiger partial charge in [-0.05, 0) is 25.9 Å². The molecule has 2 rings (SSSR count). The van der Waals surface area contributed by atoms with E-state index in [4.69, 9.17) is 5.73 Å². The van der Waals surface area contributed by atoms with Crippen molar-refractivity contribution >= 4 is 11.3 Å². The fourth-order valence-electron chi connectivity index (χ4n) is 1.84. The van der Waals surface area contributed by atoms with Gasteiger partial charge in [-0.1, -0.05) is 0 Å². The van der Waals surface area contributed by atoms with Crippen molar-refractivity contribution in [1.82, 2.24) is 10.3 Å². The molecule has 0 aromatic carbocycles. The number of piperidine rings is 1. The highest BCUT2D eigenvalue weighted by molar-refractivity contribution is 7.09. The van der Waals surface area contributed by atoms with Gasteiger partial charge in [0.1, 0.15) is 0 Å². The van der Waals surface area contributed by atoms with Crippen LogP contribution in [-0.2, 0) is 6.42 Å². The van der Waals surface area contributed by atoms with Crippen LogP contribution in [0.2, 0.25) is 0 Å². The van der Waals surface area contributed by atoms with Crippen molar-refractivity contribution in [2.45, 2.75) is 25.2 Å². The Kier molecular flexibility index (Phi) is 3.50. The lowest BCUT2D eigenvalue weighted by atomic mass is 10.0. The molecule has 0 bridgehead atoms. The van der Waals surface area contributed by atoms with Gasteiger partial charge in [-0.3, -0.25) is 0 Å². The predicted molar refractivity (Wildman–Crippen MR) is 59.7 cm³/mol. The summed E-state index contributed by atoms with van der Waals surface area (Å²) < 4.78 is 0. The second-order valence-corrected chi connectivity index (χ2v) is 4.65. The van der Waals surface area contributed by atoms with Gasteiger partial charge in [0.2, 0.25) is 0 Å². The molecule has 1 unspecified atom stereocenters. The summed E-state index contributed by atoms with van der Waals surface area (Å²) >= 11 is 1.79. The molecule has 0 spiro atoms. The molecule has 3 N–H and O–H groups in total. The lowest BCUT2D eigenvalue weighted by molar-refractivity contribution is 0.460. The summed E-state index contributed by atoms with van der Waals surface area (Å²) in [4.78, 5) is 4.62. The van der Waals surface area contributed by atoms with E-state index < -0.39 is 0 Å². The van der Waals surface area contributed by atoms with Gasteiger partial charge in [-0.2, -0.15) is 0 Å². The summed E-state index contributed by atoms with van der Waals surface area (Å²) in [6.07, 6.45) is 3.47. The maximum Gasteiger partial charge on any atom is 0.0971 e. The zero-order chi connectivity index (χ0) is 9.80. The highest BCUT2D eigenvalue weighted by Gasteiger charge is 2.17. The van der Waals surface area contributed by atoms with Crippen LogP contribution in [0.1, 0.15) is 29.5 Å². The number of hydrogen-bond donors (Lipinski definition) is 2. The van der Waals surface area contributed by atoms with Crippen LogP contribution in [0.3, 0.4) is 0 Å². The summed E-state index contributed by atoms with van der Waals surface area (Å²) in [5.41, 5.74) is 6.67. The minimum atomic E-state index is 0.639. The van der Waals surface area contributed by atoms with Crippen LogP contribution in [0, 0.1) is 0 Å². The molecule has 0 radical (unpaired) electrons. The molecule has 0 amide bonds. The van der Waals surface area contributed by atoms with E-state index in [0.717, 1.165) is 25.2 Å². The average Bonchev–Trinajstić information content (AvgIpc) is 2.68. The van der Waals surface area contributed by atoms with Crippen molar-refractivity contribution in [2.75, 3.05) is 19.6 Å². The Morgan fingerprint density at radius 3 is 3.29 bits per heavy atom. The van der Waals surface area contributed by atoms with Crippen LogP contribution < -0.4 is 11.1 Å². The van der Waals surface area contributed by atoms with Crippen molar-refractivity contribution in [1.29, 1.82) is 0 Å². The molecule has 1 aliphatic heterocycles. The Morgan fingerprint density at radius 2 is 2.57 bits per heavy atom. The highest BCUT2D eigenvalue weighted by Crippen LogP contribution is 2.26. The van der Waals surface area contributed by atoms with Crippen molar-refractivity contribution in [3.05, 3.63) is 16.1 Å². The number of aromatic nitrogens is 1. The van der Waals surface area contributed by atoms with E-state index in [1.807, 2.05) is 0 Å². The zero-order valence-corrected chi connectivity index (χ0v) is 9.15. The van der Waals surface area contributed by atoms with Gasteiger partial charge < -0.3 is 11.1 Å². The Balaban J connectivity index is 2.00. The number of hydrogen-bond acceptors (Lipinski definition) is 4. The van der Waals surface area contributed by atoms with E-state index in [1.54, 1.807) is 11.3 Å². The topological polar surface area (TPSA) is 50.9 Å². The first kappa shape index (κ1) is 10.1. The molecule has 1 atom stereocenters. The fraction of sp³-hybridized carbons (Fsp3) is 0.700. The van der Waals surface area contributed by atoms with Crippen molar-refractivity contribution in [2.24, 2.45) is 5.73 Å². The van der Waals surface area contributed by atoms with Crippen LogP contribution in [0.25, 0.3) is 0 Å². The van der Waals surface area contributed by atoms with Gasteiger partial charge in [-0.25, -0.2) is 4.98 Å². The first-order valence-corrected chi connectivity index (χ1v) is 6.13. The molecule has 2 heterocycles. The van der Waals surface area contributed by atoms with Crippen molar-refractivity contribution < 1.29 is 0 Å². The largest absolute Gasteiger partial charge is 0.330 e. The molecule has 3 nitrogen and oxygen atoms in total. The monoisotopic (exact) mass is 211 g/mol. The van der Waals surface area contributed by atoms with Crippen LogP contribution >= 0.6 is 11.3 Å². The lowest BCUT2D eigenvalue weighted by Crippen LogP contribution is -2.28. The number of rotatable bonds is 3. The summed E-state index contributed by atoms with van der Waals surface area (Å²) in [6, 6.07) is 0. The van der Waals surface area contributed by atoms with E-state index in [0.29, 0.717) is 12.5 Å². The van der Waals surface area contributed by atoms with Crippen molar-refractivity contribution in [3.8, 4) is 0 Å². The van der Waals surface area contributed by atoms with Gasteiger partial charge in [0.05, 0.1) is 10.7 Å². The van der Waals surface area contributed by atoms with Crippen LogP contribution in [-0.4, -0.2) is 24.6 Å². The van der Waals surface area contributed by atoms with E-state index in [9.17, 15) is 0 Å². The second-order valence-electron chi connectivity index (χ2n) is 3.76. The minimum absolute atomic E-state index is 0.639. The van der Waals surface area contributed by atoms with Gasteiger partial charge in [0, 0.05) is 24.3 Å². The van der Waals surface area contributed by atoms with Crippen molar-refractivity contribution in [3.63, 3.8) is 0 Å². The smallest absolute Gasteiger partial charge is 0.0971 e. The van der Waals surface area contributed by atoms with E-state index in [-0.39, 0.29) is 0 Å². The molecule has 0 saturated carbocycles. The van der Waals surface area contributed by atoms with E-state index >= 15 is 0 Å². The van der Waals surface area contributed by atoms with Crippen LogP contribution in [0.5, 0.6) is 0 Å². The lowest BCUT2D eigenvalue weighted by Gasteiger charge is -2.20. The normalized spacial score (nSPS) is 22.5.